The number of benzene rings is 1. The predicted octanol–water partition coefficient (Wildman–Crippen LogP) is 3.11. The molecule has 0 saturated heterocycles. The fourth-order valence-corrected chi connectivity index (χ4v) is 2.25. The maximum absolute atomic E-state index is 5.84. The second kappa shape index (κ2) is 5.91. The molecule has 2 rings (SSSR count). The third kappa shape index (κ3) is 3.26. The smallest absolute Gasteiger partial charge is 0.106 e. The van der Waals surface area contributed by atoms with Crippen molar-refractivity contribution in [3.05, 3.63) is 40.4 Å². The molecule has 0 fully saturated rings. The number of aromatic nitrogens is 2. The fraction of sp³-hybridized carbons (Fsp3) is 0.308. The van der Waals surface area contributed by atoms with E-state index in [-0.39, 0.29) is 0 Å². The average molecular weight is 309 g/mol. The van der Waals surface area contributed by atoms with E-state index in [4.69, 9.17) is 5.73 Å². The molecule has 4 N–H and O–H groups in total. The van der Waals surface area contributed by atoms with E-state index >= 15 is 0 Å². The zero-order valence-electron chi connectivity index (χ0n) is 10.3. The third-order valence-electron chi connectivity index (χ3n) is 2.82. The van der Waals surface area contributed by atoms with Crippen LogP contribution in [0.1, 0.15) is 17.8 Å². The molecule has 1 aromatic heterocycles. The molecular weight excluding hydrogens is 292 g/mol. The highest BCUT2D eigenvalue weighted by Gasteiger charge is 2.03. The molecule has 4 nitrogen and oxygen atoms in total. The van der Waals surface area contributed by atoms with Gasteiger partial charge in [0.05, 0.1) is 0 Å². The van der Waals surface area contributed by atoms with Crippen molar-refractivity contribution in [1.29, 1.82) is 0 Å². The quantitative estimate of drug-likeness (QED) is 0.587. The highest BCUT2D eigenvalue weighted by atomic mass is 79.9. The number of hydrogen-bond donors (Lipinski definition) is 3. The molecule has 5 heteroatoms. The van der Waals surface area contributed by atoms with Gasteiger partial charge < -0.3 is 16.0 Å². The number of imidazole rings is 1. The van der Waals surface area contributed by atoms with E-state index in [2.05, 4.69) is 37.3 Å². The van der Waals surface area contributed by atoms with Crippen LogP contribution in [0.5, 0.6) is 0 Å². The summed E-state index contributed by atoms with van der Waals surface area (Å²) in [7, 11) is 0. The van der Waals surface area contributed by atoms with Crippen molar-refractivity contribution < 1.29 is 0 Å². The Bertz CT molecular complexity index is 508. The van der Waals surface area contributed by atoms with Crippen LogP contribution in [-0.4, -0.2) is 16.5 Å². The average Bonchev–Trinajstić information content (AvgIpc) is 2.84. The Labute approximate surface area is 115 Å². The van der Waals surface area contributed by atoms with Crippen molar-refractivity contribution in [1.82, 2.24) is 9.97 Å². The van der Waals surface area contributed by atoms with Crippen LogP contribution in [0.4, 0.5) is 11.4 Å². The standard InChI is InChI=1S/C13H17BrN4/c1-9-7-12(10(14)8-11(9)15)16-4-2-3-13-17-5-6-18-13/h5-8,16H,2-4,15H2,1H3,(H,17,18). The summed E-state index contributed by atoms with van der Waals surface area (Å²) in [5.41, 5.74) is 8.82. The third-order valence-corrected chi connectivity index (χ3v) is 3.47. The Morgan fingerprint density at radius 2 is 2.28 bits per heavy atom. The minimum Gasteiger partial charge on any atom is -0.398 e. The van der Waals surface area contributed by atoms with Crippen LogP contribution in [0, 0.1) is 6.92 Å². The molecule has 96 valence electrons. The highest BCUT2D eigenvalue weighted by molar-refractivity contribution is 9.10. The largest absolute Gasteiger partial charge is 0.398 e. The first kappa shape index (κ1) is 13.0. The van der Waals surface area contributed by atoms with Gasteiger partial charge in [-0.1, -0.05) is 0 Å². The number of aryl methyl sites for hydroxylation is 2. The molecule has 0 aliphatic heterocycles. The van der Waals surface area contributed by atoms with Gasteiger partial charge >= 0.3 is 0 Å². The second-order valence-corrected chi connectivity index (χ2v) is 5.11. The first-order valence-electron chi connectivity index (χ1n) is 5.94. The highest BCUT2D eigenvalue weighted by Crippen LogP contribution is 2.27. The monoisotopic (exact) mass is 308 g/mol. The summed E-state index contributed by atoms with van der Waals surface area (Å²) < 4.78 is 1.00. The summed E-state index contributed by atoms with van der Waals surface area (Å²) >= 11 is 3.51. The molecular formula is C13H17BrN4. The molecule has 2 aromatic rings. The Morgan fingerprint density at radius 3 is 3.00 bits per heavy atom. The lowest BCUT2D eigenvalue weighted by molar-refractivity contribution is 0.816. The second-order valence-electron chi connectivity index (χ2n) is 4.25. The van der Waals surface area contributed by atoms with Crippen molar-refractivity contribution >= 4 is 27.3 Å². The molecule has 0 atom stereocenters. The van der Waals surface area contributed by atoms with E-state index in [1.807, 2.05) is 19.2 Å². The minimum atomic E-state index is 0.808. The number of nitrogens with zero attached hydrogens (tertiary/aromatic N) is 1. The maximum Gasteiger partial charge on any atom is 0.106 e. The molecule has 0 amide bonds. The van der Waals surface area contributed by atoms with Gasteiger partial charge in [-0.15, -0.1) is 0 Å². The fourth-order valence-electron chi connectivity index (χ4n) is 1.75. The van der Waals surface area contributed by atoms with Crippen molar-refractivity contribution in [3.63, 3.8) is 0 Å². The van der Waals surface area contributed by atoms with E-state index in [0.717, 1.165) is 46.6 Å². The van der Waals surface area contributed by atoms with Gasteiger partial charge in [-0.2, -0.15) is 0 Å². The molecule has 0 aliphatic rings. The van der Waals surface area contributed by atoms with Gasteiger partial charge in [0.15, 0.2) is 0 Å². The van der Waals surface area contributed by atoms with Crippen LogP contribution in [0.2, 0.25) is 0 Å². The lowest BCUT2D eigenvalue weighted by atomic mass is 10.2. The Morgan fingerprint density at radius 1 is 1.44 bits per heavy atom. The number of nitrogens with two attached hydrogens (primary N) is 1. The van der Waals surface area contributed by atoms with E-state index in [9.17, 15) is 0 Å². The predicted molar refractivity (Wildman–Crippen MR) is 78.7 cm³/mol. The van der Waals surface area contributed by atoms with Crippen molar-refractivity contribution in [2.75, 3.05) is 17.6 Å². The Kier molecular flexibility index (Phi) is 4.25. The number of aromatic amines is 1. The minimum absolute atomic E-state index is 0.808. The number of H-pyrrole nitrogens is 1. The zero-order chi connectivity index (χ0) is 13.0. The van der Waals surface area contributed by atoms with Gasteiger partial charge in [0.2, 0.25) is 0 Å². The molecule has 0 aliphatic carbocycles. The van der Waals surface area contributed by atoms with Gasteiger partial charge in [0.25, 0.3) is 0 Å². The van der Waals surface area contributed by atoms with Crippen molar-refractivity contribution in [2.45, 2.75) is 19.8 Å². The van der Waals surface area contributed by atoms with E-state index in [0.29, 0.717) is 0 Å². The summed E-state index contributed by atoms with van der Waals surface area (Å²) in [5, 5.41) is 3.40. The van der Waals surface area contributed by atoms with Gasteiger partial charge in [-0.05, 0) is 47.0 Å². The SMILES string of the molecule is Cc1cc(NCCCc2ncc[nH]2)c(Br)cc1N. The van der Waals surface area contributed by atoms with Gasteiger partial charge in [0, 0.05) is 41.2 Å². The molecule has 0 saturated carbocycles. The molecule has 0 unspecified atom stereocenters. The molecule has 0 radical (unpaired) electrons. The molecule has 1 aromatic carbocycles. The summed E-state index contributed by atoms with van der Waals surface area (Å²) in [6.07, 6.45) is 5.61. The van der Waals surface area contributed by atoms with E-state index in [1.54, 1.807) is 6.20 Å². The van der Waals surface area contributed by atoms with E-state index < -0.39 is 0 Å². The van der Waals surface area contributed by atoms with Crippen LogP contribution < -0.4 is 11.1 Å². The van der Waals surface area contributed by atoms with Crippen LogP contribution in [-0.2, 0) is 6.42 Å². The summed E-state index contributed by atoms with van der Waals surface area (Å²) in [5.74, 6) is 1.03. The van der Waals surface area contributed by atoms with Crippen molar-refractivity contribution in [3.8, 4) is 0 Å². The van der Waals surface area contributed by atoms with Crippen LogP contribution in [0.25, 0.3) is 0 Å². The van der Waals surface area contributed by atoms with Gasteiger partial charge in [-0.25, -0.2) is 4.98 Å². The normalized spacial score (nSPS) is 10.6. The lowest BCUT2D eigenvalue weighted by Crippen LogP contribution is -2.05. The molecule has 18 heavy (non-hydrogen) atoms. The lowest BCUT2D eigenvalue weighted by Gasteiger charge is -2.10. The first-order valence-corrected chi connectivity index (χ1v) is 6.74. The van der Waals surface area contributed by atoms with Crippen molar-refractivity contribution in [2.24, 2.45) is 0 Å². The van der Waals surface area contributed by atoms with Crippen LogP contribution >= 0.6 is 15.9 Å². The zero-order valence-corrected chi connectivity index (χ0v) is 11.9. The number of halogens is 1. The summed E-state index contributed by atoms with van der Waals surface area (Å²) in [6, 6.07) is 4.00. The van der Waals surface area contributed by atoms with E-state index in [1.165, 1.54) is 0 Å². The molecule has 0 spiro atoms. The number of anilines is 2. The summed E-state index contributed by atoms with van der Waals surface area (Å²) in [4.78, 5) is 7.29. The number of nitrogens with one attached hydrogen (secondary N) is 2. The summed E-state index contributed by atoms with van der Waals surface area (Å²) in [6.45, 7) is 2.92. The number of hydrogen-bond acceptors (Lipinski definition) is 3. The van der Waals surface area contributed by atoms with Crippen LogP contribution in [0.15, 0.2) is 29.0 Å². The Balaban J connectivity index is 1.85. The van der Waals surface area contributed by atoms with Gasteiger partial charge in [-0.3, -0.25) is 0 Å². The number of rotatable bonds is 5. The van der Waals surface area contributed by atoms with Gasteiger partial charge in [0.1, 0.15) is 5.82 Å². The topological polar surface area (TPSA) is 66.7 Å². The maximum atomic E-state index is 5.84. The molecule has 0 bridgehead atoms. The molecule has 1 heterocycles. The number of nitrogen functional groups attached to an aromatic ring is 1. The van der Waals surface area contributed by atoms with Crippen LogP contribution in [0.3, 0.4) is 0 Å². The Hall–Kier alpha value is -1.49. The first-order chi connectivity index (χ1) is 8.66.